The predicted molar refractivity (Wildman–Crippen MR) is 112 cm³/mol. The van der Waals surface area contributed by atoms with Gasteiger partial charge in [0.2, 0.25) is 0 Å². The second-order valence-corrected chi connectivity index (χ2v) is 12.7. The van der Waals surface area contributed by atoms with Gasteiger partial charge in [-0.25, -0.2) is 4.99 Å². The average molecular weight is 366 g/mol. The molecule has 1 nitrogen and oxygen atoms in total. The smallest absolute Gasteiger partial charge is 0.118 e. The lowest BCUT2D eigenvalue weighted by Gasteiger charge is -2.16. The zero-order valence-electron chi connectivity index (χ0n) is 13.8. The van der Waals surface area contributed by atoms with Gasteiger partial charge in [0.1, 0.15) is 8.07 Å². The van der Waals surface area contributed by atoms with Crippen LogP contribution in [0.1, 0.15) is 0 Å². The molecule has 0 amide bonds. The Morgan fingerprint density at radius 2 is 1.50 bits per heavy atom. The molecule has 0 atom stereocenters. The highest BCUT2D eigenvalue weighted by Gasteiger charge is 2.25. The molecule has 3 aromatic rings. The van der Waals surface area contributed by atoms with E-state index in [0.29, 0.717) is 0 Å². The lowest BCUT2D eigenvalue weighted by Crippen LogP contribution is -2.42. The number of hydrogen-bond donors (Lipinski definition) is 0. The zero-order chi connectivity index (χ0) is 17.0. The summed E-state index contributed by atoms with van der Waals surface area (Å²) in [5, 5.41) is 2.50. The van der Waals surface area contributed by atoms with Crippen LogP contribution in [0.2, 0.25) is 13.1 Å². The Balaban J connectivity index is 1.84. The van der Waals surface area contributed by atoms with Crippen LogP contribution < -0.4 is 4.50 Å². The third kappa shape index (κ3) is 3.79. The highest BCUT2D eigenvalue weighted by Crippen LogP contribution is 2.28. The Kier molecular flexibility index (Phi) is 5.22. The van der Waals surface area contributed by atoms with Gasteiger partial charge in [-0.2, -0.15) is 0 Å². The summed E-state index contributed by atoms with van der Waals surface area (Å²) < 4.78 is 1.46. The first-order valence-electron chi connectivity index (χ1n) is 7.90. The fourth-order valence-corrected chi connectivity index (χ4v) is 6.36. The maximum absolute atomic E-state index is 4.71. The summed E-state index contributed by atoms with van der Waals surface area (Å²) >= 11 is 6.60. The van der Waals surface area contributed by atoms with Gasteiger partial charge in [-0.05, 0) is 39.5 Å². The minimum absolute atomic E-state index is 0.809. The molecule has 0 N–H and O–H groups in total. The van der Waals surface area contributed by atoms with Crippen LogP contribution in [0.4, 0.5) is 0 Å². The Morgan fingerprint density at radius 3 is 2.17 bits per heavy atom. The van der Waals surface area contributed by atoms with Crippen LogP contribution in [0.25, 0.3) is 21.6 Å². The Bertz CT molecular complexity index is 860. The van der Waals surface area contributed by atoms with E-state index in [1.165, 1.54) is 26.1 Å². The van der Waals surface area contributed by atoms with E-state index in [2.05, 4.69) is 83.9 Å². The Hall–Kier alpha value is -1.84. The zero-order valence-corrected chi connectivity index (χ0v) is 16.5. The summed E-state index contributed by atoms with van der Waals surface area (Å²) in [7, 11) is -1.55. The first kappa shape index (κ1) is 17.0. The number of hydrogen-bond acceptors (Lipinski definition) is 3. The number of benzene rings is 2. The SMILES string of the molecule is C[Si](C)(CN=C=S)c1ccc(-c2ccc(-c3ccccc3)cc2)s1. The molecule has 0 bridgehead atoms. The molecule has 3 rings (SSSR count). The molecule has 0 unspecified atom stereocenters. The summed E-state index contributed by atoms with van der Waals surface area (Å²) in [6.45, 7) is 4.66. The van der Waals surface area contributed by atoms with Gasteiger partial charge < -0.3 is 0 Å². The van der Waals surface area contributed by atoms with Crippen molar-refractivity contribution in [2.24, 2.45) is 4.99 Å². The quantitative estimate of drug-likeness (QED) is 0.324. The van der Waals surface area contributed by atoms with E-state index in [-0.39, 0.29) is 0 Å². The van der Waals surface area contributed by atoms with Crippen LogP contribution in [0.3, 0.4) is 0 Å². The van der Waals surface area contributed by atoms with Crippen molar-refractivity contribution in [3.8, 4) is 21.6 Å². The molecule has 0 radical (unpaired) electrons. The number of aliphatic imine (C=N–C) groups is 1. The van der Waals surface area contributed by atoms with Gasteiger partial charge in [-0.15, -0.1) is 11.3 Å². The van der Waals surface area contributed by atoms with Gasteiger partial charge in [-0.3, -0.25) is 0 Å². The van der Waals surface area contributed by atoms with E-state index >= 15 is 0 Å². The van der Waals surface area contributed by atoms with Crippen molar-refractivity contribution in [2.45, 2.75) is 13.1 Å². The number of nitrogens with zero attached hydrogens (tertiary/aromatic N) is 1. The molecule has 1 aromatic heterocycles. The summed E-state index contributed by atoms with van der Waals surface area (Å²) in [6, 6.07) is 23.8. The molecule has 4 heteroatoms. The topological polar surface area (TPSA) is 12.4 Å². The Labute approximate surface area is 153 Å². The van der Waals surface area contributed by atoms with Gasteiger partial charge in [0.05, 0.1) is 5.16 Å². The first-order chi connectivity index (χ1) is 11.6. The molecule has 0 saturated carbocycles. The van der Waals surface area contributed by atoms with Crippen molar-refractivity contribution < 1.29 is 0 Å². The molecule has 0 aliphatic heterocycles. The third-order valence-electron chi connectivity index (χ3n) is 4.09. The van der Waals surface area contributed by atoms with Crippen LogP contribution in [-0.4, -0.2) is 19.4 Å². The molecule has 0 aliphatic carbocycles. The van der Waals surface area contributed by atoms with Gasteiger partial charge in [-0.1, -0.05) is 73.8 Å². The number of thiocarbonyl (C=S) groups is 1. The van der Waals surface area contributed by atoms with Gasteiger partial charge in [0, 0.05) is 11.0 Å². The highest BCUT2D eigenvalue weighted by atomic mass is 32.1. The maximum Gasteiger partial charge on any atom is 0.118 e. The fourth-order valence-electron chi connectivity index (χ4n) is 2.62. The van der Waals surface area contributed by atoms with Crippen molar-refractivity contribution in [3.63, 3.8) is 0 Å². The minimum atomic E-state index is -1.55. The van der Waals surface area contributed by atoms with Crippen LogP contribution in [0.5, 0.6) is 0 Å². The first-order valence-corrected chi connectivity index (χ1v) is 12.3. The average Bonchev–Trinajstić information content (AvgIpc) is 3.12. The summed E-state index contributed by atoms with van der Waals surface area (Å²) in [4.78, 5) is 5.50. The van der Waals surface area contributed by atoms with Crippen molar-refractivity contribution in [3.05, 3.63) is 66.7 Å². The fraction of sp³-hybridized carbons (Fsp3) is 0.150. The summed E-state index contributed by atoms with van der Waals surface area (Å²) in [5.74, 6) is 0. The molecular weight excluding hydrogens is 346 g/mol. The van der Waals surface area contributed by atoms with Crippen molar-refractivity contribution >= 4 is 41.3 Å². The summed E-state index contributed by atoms with van der Waals surface area (Å²) in [6.07, 6.45) is 0.809. The molecule has 24 heavy (non-hydrogen) atoms. The van der Waals surface area contributed by atoms with Gasteiger partial charge >= 0.3 is 0 Å². The molecule has 0 aliphatic rings. The molecular formula is C20H19NS2Si. The van der Waals surface area contributed by atoms with E-state index < -0.39 is 8.07 Å². The standard InChI is InChI=1S/C20H19NS2Si/c1-24(2,15-21-14-22)20-13-12-19(23-20)18-10-8-17(9-11-18)16-6-4-3-5-7-16/h3-13H,15H2,1-2H3. The molecule has 0 saturated heterocycles. The number of rotatable bonds is 5. The monoisotopic (exact) mass is 365 g/mol. The molecule has 1 heterocycles. The van der Waals surface area contributed by atoms with Crippen LogP contribution >= 0.6 is 23.6 Å². The van der Waals surface area contributed by atoms with E-state index in [1.807, 2.05) is 17.4 Å². The molecule has 2 aromatic carbocycles. The maximum atomic E-state index is 4.71. The third-order valence-corrected chi connectivity index (χ3v) is 9.58. The van der Waals surface area contributed by atoms with Crippen LogP contribution in [0.15, 0.2) is 71.7 Å². The summed E-state index contributed by atoms with van der Waals surface area (Å²) in [5.41, 5.74) is 3.78. The van der Waals surface area contributed by atoms with Crippen LogP contribution in [0, 0.1) is 0 Å². The van der Waals surface area contributed by atoms with Crippen molar-refractivity contribution in [1.29, 1.82) is 0 Å². The normalized spacial score (nSPS) is 11.1. The lowest BCUT2D eigenvalue weighted by atomic mass is 10.0. The van der Waals surface area contributed by atoms with Crippen LogP contribution in [-0.2, 0) is 0 Å². The largest absolute Gasteiger partial charge is 0.235 e. The second kappa shape index (κ2) is 7.37. The molecule has 0 fully saturated rings. The van der Waals surface area contributed by atoms with Crippen molar-refractivity contribution in [2.75, 3.05) is 6.17 Å². The van der Waals surface area contributed by atoms with Gasteiger partial charge in [0.25, 0.3) is 0 Å². The van der Waals surface area contributed by atoms with E-state index in [1.54, 1.807) is 0 Å². The number of thiophene rings is 1. The number of isothiocyanates is 1. The Morgan fingerprint density at radius 1 is 0.875 bits per heavy atom. The predicted octanol–water partition coefficient (Wildman–Crippen LogP) is 5.64. The molecule has 120 valence electrons. The lowest BCUT2D eigenvalue weighted by molar-refractivity contribution is 1.32. The van der Waals surface area contributed by atoms with Gasteiger partial charge in [0.15, 0.2) is 0 Å². The van der Waals surface area contributed by atoms with E-state index in [9.17, 15) is 0 Å². The van der Waals surface area contributed by atoms with E-state index in [0.717, 1.165) is 6.17 Å². The van der Waals surface area contributed by atoms with Crippen molar-refractivity contribution in [1.82, 2.24) is 0 Å². The minimum Gasteiger partial charge on any atom is -0.235 e. The second-order valence-electron chi connectivity index (χ2n) is 6.40. The molecule has 0 spiro atoms. The highest BCUT2D eigenvalue weighted by molar-refractivity contribution is 7.78. The van der Waals surface area contributed by atoms with E-state index in [4.69, 9.17) is 12.2 Å².